The van der Waals surface area contributed by atoms with E-state index in [2.05, 4.69) is 10.4 Å². The molecule has 5 rings (SSSR count). The molecule has 1 aromatic carbocycles. The number of benzene rings is 1. The number of rotatable bonds is 2. The highest BCUT2D eigenvalue weighted by Gasteiger charge is 2.29. The minimum absolute atomic E-state index is 0.223. The average Bonchev–Trinajstić information content (AvgIpc) is 3.32. The number of amides is 1. The van der Waals surface area contributed by atoms with Crippen molar-refractivity contribution in [3.8, 4) is 0 Å². The number of aryl methyl sites for hydroxylation is 1. The van der Waals surface area contributed by atoms with E-state index in [-0.39, 0.29) is 5.91 Å². The van der Waals surface area contributed by atoms with Crippen LogP contribution in [0.4, 0.5) is 0 Å². The van der Waals surface area contributed by atoms with Crippen LogP contribution in [0.15, 0.2) is 34.1 Å². The third-order valence-corrected chi connectivity index (χ3v) is 6.82. The molecule has 1 fully saturated rings. The summed E-state index contributed by atoms with van der Waals surface area (Å²) in [5.41, 5.74) is 4.06. The normalized spacial score (nSPS) is 18.2. The molecule has 0 N–H and O–H groups in total. The van der Waals surface area contributed by atoms with Crippen molar-refractivity contribution in [3.63, 3.8) is 0 Å². The Balaban J connectivity index is 1.29. The van der Waals surface area contributed by atoms with Crippen molar-refractivity contribution >= 4 is 28.3 Å². The zero-order chi connectivity index (χ0) is 17.5. The lowest BCUT2D eigenvalue weighted by Gasteiger charge is -2.31. The van der Waals surface area contributed by atoms with Gasteiger partial charge >= 0.3 is 0 Å². The molecule has 3 aromatic rings. The van der Waals surface area contributed by atoms with Crippen molar-refractivity contribution in [2.24, 2.45) is 0 Å². The molecule has 1 aliphatic heterocycles. The van der Waals surface area contributed by atoms with Gasteiger partial charge < -0.3 is 9.32 Å². The summed E-state index contributed by atoms with van der Waals surface area (Å²) >= 11 is 1.77. The molecule has 0 unspecified atom stereocenters. The number of carbonyl (C=O) groups excluding carboxylic acids is 1. The second kappa shape index (κ2) is 6.54. The highest BCUT2D eigenvalue weighted by atomic mass is 32.1. The van der Waals surface area contributed by atoms with Crippen LogP contribution in [0.1, 0.15) is 58.3 Å². The molecular weight excluding hydrogens is 344 g/mol. The fourth-order valence-corrected chi connectivity index (χ4v) is 5.36. The van der Waals surface area contributed by atoms with Gasteiger partial charge in [-0.15, -0.1) is 11.3 Å². The van der Waals surface area contributed by atoms with Crippen LogP contribution in [0.25, 0.3) is 11.1 Å². The summed E-state index contributed by atoms with van der Waals surface area (Å²) in [5.74, 6) is 1.36. The van der Waals surface area contributed by atoms with Crippen molar-refractivity contribution < 1.29 is 9.21 Å². The fourth-order valence-electron chi connectivity index (χ4n) is 4.24. The van der Waals surface area contributed by atoms with Crippen LogP contribution in [0.2, 0.25) is 0 Å². The standard InChI is InChI=1S/C21H22N2O2S/c24-21(16-13-26-19-8-4-1-5-15(16)19)23-11-9-14(10-12-23)20-22-17-6-2-3-7-18(17)25-20/h2-3,6-7,13-14H,1,4-5,8-12H2. The number of fused-ring (bicyclic) bond motifs is 2. The van der Waals surface area contributed by atoms with E-state index in [1.165, 1.54) is 23.3 Å². The van der Waals surface area contributed by atoms with Crippen LogP contribution in [0.5, 0.6) is 0 Å². The summed E-state index contributed by atoms with van der Waals surface area (Å²) < 4.78 is 5.94. The summed E-state index contributed by atoms with van der Waals surface area (Å²) in [6.07, 6.45) is 6.53. The van der Waals surface area contributed by atoms with Gasteiger partial charge in [0, 0.05) is 29.3 Å². The van der Waals surface area contributed by atoms with Crippen LogP contribution >= 0.6 is 11.3 Å². The quantitative estimate of drug-likeness (QED) is 0.655. The predicted molar refractivity (Wildman–Crippen MR) is 103 cm³/mol. The van der Waals surface area contributed by atoms with Gasteiger partial charge in [-0.1, -0.05) is 12.1 Å². The molecule has 0 radical (unpaired) electrons. The molecule has 3 heterocycles. The molecule has 4 nitrogen and oxygen atoms in total. The van der Waals surface area contributed by atoms with Crippen molar-refractivity contribution in [2.45, 2.75) is 44.4 Å². The third-order valence-electron chi connectivity index (χ3n) is 5.73. The number of likely N-dealkylation sites (tertiary alicyclic amines) is 1. The van der Waals surface area contributed by atoms with Crippen LogP contribution in [-0.4, -0.2) is 28.9 Å². The van der Waals surface area contributed by atoms with E-state index in [1.807, 2.05) is 29.2 Å². The van der Waals surface area contributed by atoms with E-state index in [0.29, 0.717) is 5.92 Å². The van der Waals surface area contributed by atoms with E-state index < -0.39 is 0 Å². The highest BCUT2D eigenvalue weighted by Crippen LogP contribution is 2.33. The molecule has 2 aliphatic rings. The van der Waals surface area contributed by atoms with E-state index in [4.69, 9.17) is 4.42 Å². The number of para-hydroxylation sites is 2. The lowest BCUT2D eigenvalue weighted by atomic mass is 9.93. The summed E-state index contributed by atoms with van der Waals surface area (Å²) in [5, 5.41) is 2.09. The predicted octanol–water partition coefficient (Wildman–Crippen LogP) is 4.79. The maximum atomic E-state index is 13.0. The zero-order valence-corrected chi connectivity index (χ0v) is 15.6. The second-order valence-electron chi connectivity index (χ2n) is 7.34. The zero-order valence-electron chi connectivity index (χ0n) is 14.7. The molecule has 1 saturated heterocycles. The van der Waals surface area contributed by atoms with Crippen LogP contribution in [0.3, 0.4) is 0 Å². The Hall–Kier alpha value is -2.14. The molecule has 0 spiro atoms. The lowest BCUT2D eigenvalue weighted by molar-refractivity contribution is 0.0706. The van der Waals surface area contributed by atoms with E-state index in [9.17, 15) is 4.79 Å². The van der Waals surface area contributed by atoms with Gasteiger partial charge in [0.1, 0.15) is 5.52 Å². The Kier molecular flexibility index (Phi) is 4.04. The van der Waals surface area contributed by atoms with Gasteiger partial charge in [-0.2, -0.15) is 0 Å². The van der Waals surface area contributed by atoms with Crippen LogP contribution in [-0.2, 0) is 12.8 Å². The third kappa shape index (κ3) is 2.75. The van der Waals surface area contributed by atoms with Gasteiger partial charge in [0.15, 0.2) is 11.5 Å². The second-order valence-corrected chi connectivity index (χ2v) is 8.31. The monoisotopic (exact) mass is 366 g/mol. The van der Waals surface area contributed by atoms with Gasteiger partial charge in [-0.3, -0.25) is 4.79 Å². The summed E-state index contributed by atoms with van der Waals surface area (Å²) in [6, 6.07) is 7.91. The molecule has 0 saturated carbocycles. The molecule has 26 heavy (non-hydrogen) atoms. The number of hydrogen-bond acceptors (Lipinski definition) is 4. The number of nitrogens with zero attached hydrogens (tertiary/aromatic N) is 2. The Morgan fingerprint density at radius 3 is 2.81 bits per heavy atom. The van der Waals surface area contributed by atoms with Crippen LogP contribution < -0.4 is 0 Å². The number of aromatic nitrogens is 1. The Morgan fingerprint density at radius 2 is 1.96 bits per heavy atom. The van der Waals surface area contributed by atoms with Gasteiger partial charge in [-0.25, -0.2) is 4.98 Å². The molecule has 5 heteroatoms. The maximum Gasteiger partial charge on any atom is 0.254 e. The molecule has 2 aromatic heterocycles. The van der Waals surface area contributed by atoms with Gasteiger partial charge in [0.2, 0.25) is 0 Å². The lowest BCUT2D eigenvalue weighted by Crippen LogP contribution is -2.38. The summed E-state index contributed by atoms with van der Waals surface area (Å²) in [6.45, 7) is 1.57. The minimum Gasteiger partial charge on any atom is -0.440 e. The Bertz CT molecular complexity index is 917. The number of piperidine rings is 1. The first kappa shape index (κ1) is 16.1. The minimum atomic E-state index is 0.223. The summed E-state index contributed by atoms with van der Waals surface area (Å²) in [7, 11) is 0. The van der Waals surface area contributed by atoms with E-state index in [1.54, 1.807) is 11.3 Å². The largest absolute Gasteiger partial charge is 0.440 e. The maximum absolute atomic E-state index is 13.0. The molecular formula is C21H22N2O2S. The van der Waals surface area contributed by atoms with Crippen molar-refractivity contribution in [1.82, 2.24) is 9.88 Å². The van der Waals surface area contributed by atoms with Crippen molar-refractivity contribution in [3.05, 3.63) is 51.5 Å². The van der Waals surface area contributed by atoms with Gasteiger partial charge in [-0.05, 0) is 56.2 Å². The molecule has 0 bridgehead atoms. The van der Waals surface area contributed by atoms with Crippen molar-refractivity contribution in [1.29, 1.82) is 0 Å². The van der Waals surface area contributed by atoms with Gasteiger partial charge in [0.25, 0.3) is 5.91 Å². The van der Waals surface area contributed by atoms with E-state index >= 15 is 0 Å². The number of oxazole rings is 1. The van der Waals surface area contributed by atoms with E-state index in [0.717, 1.165) is 61.3 Å². The first-order chi connectivity index (χ1) is 12.8. The number of carbonyl (C=O) groups is 1. The Morgan fingerprint density at radius 1 is 1.15 bits per heavy atom. The fraction of sp³-hybridized carbons (Fsp3) is 0.429. The van der Waals surface area contributed by atoms with Gasteiger partial charge in [0.05, 0.1) is 5.56 Å². The van der Waals surface area contributed by atoms with Crippen molar-refractivity contribution in [2.75, 3.05) is 13.1 Å². The molecule has 1 aliphatic carbocycles. The average molecular weight is 366 g/mol. The smallest absolute Gasteiger partial charge is 0.254 e. The summed E-state index contributed by atoms with van der Waals surface area (Å²) in [4.78, 5) is 21.1. The Labute approximate surface area is 156 Å². The number of hydrogen-bond donors (Lipinski definition) is 0. The van der Waals surface area contributed by atoms with Crippen LogP contribution in [0, 0.1) is 0 Å². The SMILES string of the molecule is O=C(c1csc2c1CCCC2)N1CCC(c2nc3ccccc3o2)CC1. The first-order valence-corrected chi connectivity index (χ1v) is 10.4. The highest BCUT2D eigenvalue weighted by molar-refractivity contribution is 7.10. The molecule has 1 amide bonds. The first-order valence-electron chi connectivity index (χ1n) is 9.53. The molecule has 134 valence electrons. The molecule has 0 atom stereocenters. The topological polar surface area (TPSA) is 46.3 Å². The number of thiophene rings is 1.